The van der Waals surface area contributed by atoms with Gasteiger partial charge in [-0.05, 0) is 24.6 Å². The third-order valence-corrected chi connectivity index (χ3v) is 5.21. The van der Waals surface area contributed by atoms with E-state index >= 15 is 0 Å². The number of benzene rings is 1. The standard InChI is InChI=1S/C18H19NO4S/c1-12-5-7-14(8-6-12)10-23-18(21)15-11-24-17(19(15)13(2)20)16-4-3-9-22-16/h3-9,15,17H,10-11H2,1-2H3/t15-,17+/m0/s1. The molecule has 0 spiro atoms. The molecule has 0 radical (unpaired) electrons. The van der Waals surface area contributed by atoms with Gasteiger partial charge in [0.2, 0.25) is 5.91 Å². The van der Waals surface area contributed by atoms with E-state index in [2.05, 4.69) is 0 Å². The van der Waals surface area contributed by atoms with Crippen LogP contribution in [0.25, 0.3) is 0 Å². The highest BCUT2D eigenvalue weighted by molar-refractivity contribution is 7.99. The Hall–Kier alpha value is -2.21. The molecular formula is C18H19NO4S. The maximum atomic E-state index is 12.5. The third kappa shape index (κ3) is 3.48. The number of carbonyl (C=O) groups is 2. The van der Waals surface area contributed by atoms with Crippen molar-refractivity contribution in [2.45, 2.75) is 31.9 Å². The Balaban J connectivity index is 1.67. The molecule has 1 saturated heterocycles. The molecule has 1 aromatic heterocycles. The van der Waals surface area contributed by atoms with Crippen molar-refractivity contribution in [1.82, 2.24) is 4.90 Å². The lowest BCUT2D eigenvalue weighted by atomic mass is 10.2. The van der Waals surface area contributed by atoms with Gasteiger partial charge in [0.15, 0.2) is 0 Å². The fraction of sp³-hybridized carbons (Fsp3) is 0.333. The maximum Gasteiger partial charge on any atom is 0.330 e. The molecule has 1 fully saturated rings. The summed E-state index contributed by atoms with van der Waals surface area (Å²) in [7, 11) is 0. The highest BCUT2D eigenvalue weighted by Crippen LogP contribution is 2.41. The van der Waals surface area contributed by atoms with Crippen LogP contribution in [0.2, 0.25) is 0 Å². The van der Waals surface area contributed by atoms with Crippen LogP contribution < -0.4 is 0 Å². The lowest BCUT2D eigenvalue weighted by Gasteiger charge is -2.25. The first-order chi connectivity index (χ1) is 11.6. The predicted octanol–water partition coefficient (Wildman–Crippen LogP) is 3.29. The van der Waals surface area contributed by atoms with E-state index in [-0.39, 0.29) is 23.9 Å². The molecule has 6 heteroatoms. The number of esters is 1. The average Bonchev–Trinajstić information content (AvgIpc) is 3.22. The summed E-state index contributed by atoms with van der Waals surface area (Å²) in [5, 5.41) is -0.283. The summed E-state index contributed by atoms with van der Waals surface area (Å²) in [5.74, 6) is 0.618. The molecule has 1 aliphatic rings. The molecule has 3 rings (SSSR count). The van der Waals surface area contributed by atoms with Crippen LogP contribution in [0.5, 0.6) is 0 Å². The van der Waals surface area contributed by atoms with E-state index in [1.165, 1.54) is 18.7 Å². The number of hydrogen-bond donors (Lipinski definition) is 0. The predicted molar refractivity (Wildman–Crippen MR) is 91.2 cm³/mol. The Morgan fingerprint density at radius 2 is 2.04 bits per heavy atom. The van der Waals surface area contributed by atoms with Crippen LogP contribution in [0.3, 0.4) is 0 Å². The van der Waals surface area contributed by atoms with Crippen LogP contribution in [-0.2, 0) is 20.9 Å². The highest BCUT2D eigenvalue weighted by atomic mass is 32.2. The Morgan fingerprint density at radius 1 is 1.29 bits per heavy atom. The second-order valence-electron chi connectivity index (χ2n) is 5.74. The monoisotopic (exact) mass is 345 g/mol. The molecule has 2 heterocycles. The first-order valence-corrected chi connectivity index (χ1v) is 8.77. The lowest BCUT2D eigenvalue weighted by Crippen LogP contribution is -2.42. The van der Waals surface area contributed by atoms with E-state index in [1.807, 2.05) is 37.3 Å². The van der Waals surface area contributed by atoms with Crippen molar-refractivity contribution in [1.29, 1.82) is 0 Å². The molecule has 0 saturated carbocycles. The minimum atomic E-state index is -0.590. The zero-order valence-corrected chi connectivity index (χ0v) is 14.4. The van der Waals surface area contributed by atoms with Gasteiger partial charge in [-0.25, -0.2) is 4.79 Å². The van der Waals surface area contributed by atoms with E-state index in [0.717, 1.165) is 11.1 Å². The summed E-state index contributed by atoms with van der Waals surface area (Å²) >= 11 is 1.51. The van der Waals surface area contributed by atoms with Crippen molar-refractivity contribution < 1.29 is 18.7 Å². The molecule has 24 heavy (non-hydrogen) atoms. The van der Waals surface area contributed by atoms with Crippen LogP contribution in [0.1, 0.15) is 29.2 Å². The number of ether oxygens (including phenoxy) is 1. The van der Waals surface area contributed by atoms with E-state index in [4.69, 9.17) is 9.15 Å². The fourth-order valence-corrected chi connectivity index (χ4v) is 4.07. The molecule has 1 aliphatic heterocycles. The SMILES string of the molecule is CC(=O)N1[C@@H](c2ccco2)SC[C@H]1C(=O)OCc1ccc(C)cc1. The summed E-state index contributed by atoms with van der Waals surface area (Å²) in [6.07, 6.45) is 1.57. The Kier molecular flexibility index (Phi) is 4.94. The quantitative estimate of drug-likeness (QED) is 0.796. The molecule has 126 valence electrons. The second-order valence-corrected chi connectivity index (χ2v) is 6.85. The topological polar surface area (TPSA) is 59.8 Å². The zero-order valence-electron chi connectivity index (χ0n) is 13.6. The molecule has 0 N–H and O–H groups in total. The average molecular weight is 345 g/mol. The molecule has 0 unspecified atom stereocenters. The van der Waals surface area contributed by atoms with Crippen molar-refractivity contribution in [3.8, 4) is 0 Å². The second kappa shape index (κ2) is 7.13. The van der Waals surface area contributed by atoms with E-state index in [1.54, 1.807) is 17.2 Å². The van der Waals surface area contributed by atoms with Gasteiger partial charge in [0.1, 0.15) is 23.8 Å². The molecule has 5 nitrogen and oxygen atoms in total. The normalized spacial score (nSPS) is 20.2. The number of furan rings is 1. The van der Waals surface area contributed by atoms with Gasteiger partial charge >= 0.3 is 5.97 Å². The van der Waals surface area contributed by atoms with Gasteiger partial charge in [-0.2, -0.15) is 0 Å². The molecule has 0 bridgehead atoms. The van der Waals surface area contributed by atoms with Crippen LogP contribution in [0.4, 0.5) is 0 Å². The van der Waals surface area contributed by atoms with Gasteiger partial charge in [-0.3, -0.25) is 4.79 Å². The first kappa shape index (κ1) is 16.6. The smallest absolute Gasteiger partial charge is 0.330 e. The molecule has 2 atom stereocenters. The van der Waals surface area contributed by atoms with Crippen LogP contribution >= 0.6 is 11.8 Å². The fourth-order valence-electron chi connectivity index (χ4n) is 2.66. The minimum Gasteiger partial charge on any atom is -0.466 e. The molecule has 1 amide bonds. The summed E-state index contributed by atoms with van der Waals surface area (Å²) in [5.41, 5.74) is 2.08. The highest BCUT2D eigenvalue weighted by Gasteiger charge is 2.43. The van der Waals surface area contributed by atoms with E-state index < -0.39 is 6.04 Å². The number of thioether (sulfide) groups is 1. The molecular weight excluding hydrogens is 326 g/mol. The largest absolute Gasteiger partial charge is 0.466 e. The van der Waals surface area contributed by atoms with Crippen LogP contribution in [-0.4, -0.2) is 28.6 Å². The molecule has 1 aromatic carbocycles. The molecule has 2 aromatic rings. The van der Waals surface area contributed by atoms with Gasteiger partial charge in [0.25, 0.3) is 0 Å². The number of hydrogen-bond acceptors (Lipinski definition) is 5. The van der Waals surface area contributed by atoms with E-state index in [9.17, 15) is 9.59 Å². The van der Waals surface area contributed by atoms with Crippen molar-refractivity contribution in [3.05, 3.63) is 59.5 Å². The van der Waals surface area contributed by atoms with Crippen molar-refractivity contribution in [2.75, 3.05) is 5.75 Å². The summed E-state index contributed by atoms with van der Waals surface area (Å²) < 4.78 is 10.8. The Bertz CT molecular complexity index is 711. The summed E-state index contributed by atoms with van der Waals surface area (Å²) in [4.78, 5) is 26.0. The minimum absolute atomic E-state index is 0.168. The van der Waals surface area contributed by atoms with Gasteiger partial charge in [-0.15, -0.1) is 11.8 Å². The molecule has 0 aliphatic carbocycles. The Morgan fingerprint density at radius 3 is 2.67 bits per heavy atom. The van der Waals surface area contributed by atoms with Gasteiger partial charge in [0, 0.05) is 12.7 Å². The number of aryl methyl sites for hydroxylation is 1. The van der Waals surface area contributed by atoms with Crippen LogP contribution in [0, 0.1) is 6.92 Å². The Labute approximate surface area is 145 Å². The maximum absolute atomic E-state index is 12.5. The van der Waals surface area contributed by atoms with Gasteiger partial charge < -0.3 is 14.1 Å². The lowest BCUT2D eigenvalue weighted by molar-refractivity contribution is -0.154. The number of carbonyl (C=O) groups excluding carboxylic acids is 2. The number of amides is 1. The number of rotatable bonds is 4. The first-order valence-electron chi connectivity index (χ1n) is 7.72. The van der Waals surface area contributed by atoms with Crippen LogP contribution in [0.15, 0.2) is 47.1 Å². The van der Waals surface area contributed by atoms with Gasteiger partial charge in [0.05, 0.1) is 6.26 Å². The van der Waals surface area contributed by atoms with Gasteiger partial charge in [-0.1, -0.05) is 29.8 Å². The van der Waals surface area contributed by atoms with Crippen molar-refractivity contribution in [2.24, 2.45) is 0 Å². The third-order valence-electron chi connectivity index (χ3n) is 3.92. The van der Waals surface area contributed by atoms with E-state index in [0.29, 0.717) is 11.5 Å². The number of nitrogens with zero attached hydrogens (tertiary/aromatic N) is 1. The summed E-state index contributed by atoms with van der Waals surface area (Å²) in [6, 6.07) is 10.8. The summed E-state index contributed by atoms with van der Waals surface area (Å²) in [6.45, 7) is 3.67. The zero-order chi connectivity index (χ0) is 17.1. The van der Waals surface area contributed by atoms with Crippen molar-refractivity contribution >= 4 is 23.6 Å². The van der Waals surface area contributed by atoms with Crippen molar-refractivity contribution in [3.63, 3.8) is 0 Å².